The normalized spacial score (nSPS) is 11.9. The summed E-state index contributed by atoms with van der Waals surface area (Å²) >= 11 is 0. The molecule has 0 aliphatic rings. The maximum atomic E-state index is 11.5. The maximum absolute atomic E-state index is 11.5. The highest BCUT2D eigenvalue weighted by atomic mass is 16.5. The maximum Gasteiger partial charge on any atom is 0.337 e. The number of methoxy groups -OCH3 is 1. The zero-order chi connectivity index (χ0) is 13.0. The van der Waals surface area contributed by atoms with Gasteiger partial charge in [-0.25, -0.2) is 4.79 Å². The van der Waals surface area contributed by atoms with E-state index in [-0.39, 0.29) is 12.0 Å². The second kappa shape index (κ2) is 5.47. The molecule has 92 valence electrons. The first-order valence-corrected chi connectivity index (χ1v) is 5.71. The minimum absolute atomic E-state index is 0.240. The lowest BCUT2D eigenvalue weighted by Crippen LogP contribution is -2.12. The predicted octanol–water partition coefficient (Wildman–Crippen LogP) is 2.52. The lowest BCUT2D eigenvalue weighted by atomic mass is 9.98. The summed E-state index contributed by atoms with van der Waals surface area (Å²) in [5, 5.41) is 0. The summed E-state index contributed by atoms with van der Waals surface area (Å²) in [6, 6.07) is 16.7. The van der Waals surface area contributed by atoms with Gasteiger partial charge in [0.15, 0.2) is 0 Å². The van der Waals surface area contributed by atoms with E-state index < -0.39 is 0 Å². The summed E-state index contributed by atoms with van der Waals surface area (Å²) < 4.78 is 4.70. The molecule has 2 N–H and O–H groups in total. The standard InChI is InChI=1S/C15H15NO2/c1-18-15(17)13-9-5-8-12(10-13)14(16)11-6-3-2-4-7-11/h2-10,14H,16H2,1H3. The first kappa shape index (κ1) is 12.3. The molecule has 0 saturated heterocycles. The third-order valence-corrected chi connectivity index (χ3v) is 2.83. The number of benzene rings is 2. The molecule has 0 bridgehead atoms. The molecule has 0 aromatic heterocycles. The van der Waals surface area contributed by atoms with E-state index in [1.807, 2.05) is 42.5 Å². The third-order valence-electron chi connectivity index (χ3n) is 2.83. The zero-order valence-corrected chi connectivity index (χ0v) is 10.2. The molecule has 18 heavy (non-hydrogen) atoms. The Morgan fingerprint density at radius 3 is 2.39 bits per heavy atom. The van der Waals surface area contributed by atoms with Crippen molar-refractivity contribution in [2.45, 2.75) is 6.04 Å². The molecule has 0 aliphatic heterocycles. The minimum Gasteiger partial charge on any atom is -0.465 e. The number of hydrogen-bond acceptors (Lipinski definition) is 3. The molecule has 3 nitrogen and oxygen atoms in total. The van der Waals surface area contributed by atoms with E-state index in [4.69, 9.17) is 10.5 Å². The van der Waals surface area contributed by atoms with Gasteiger partial charge in [0.2, 0.25) is 0 Å². The lowest BCUT2D eigenvalue weighted by molar-refractivity contribution is 0.0600. The number of carbonyl (C=O) groups excluding carboxylic acids is 1. The highest BCUT2D eigenvalue weighted by molar-refractivity contribution is 5.89. The lowest BCUT2D eigenvalue weighted by Gasteiger charge is -2.13. The second-order valence-electron chi connectivity index (χ2n) is 4.01. The Morgan fingerprint density at radius 1 is 1.06 bits per heavy atom. The van der Waals surface area contributed by atoms with Crippen LogP contribution in [0.25, 0.3) is 0 Å². The van der Waals surface area contributed by atoms with E-state index in [9.17, 15) is 4.79 Å². The number of nitrogens with two attached hydrogens (primary N) is 1. The van der Waals surface area contributed by atoms with Crippen molar-refractivity contribution < 1.29 is 9.53 Å². The van der Waals surface area contributed by atoms with Crippen LogP contribution in [-0.2, 0) is 4.74 Å². The fraction of sp³-hybridized carbons (Fsp3) is 0.133. The molecule has 2 aromatic carbocycles. The Balaban J connectivity index is 2.31. The van der Waals surface area contributed by atoms with Crippen LogP contribution < -0.4 is 5.73 Å². The van der Waals surface area contributed by atoms with Crippen molar-refractivity contribution in [3.05, 3.63) is 71.3 Å². The number of rotatable bonds is 3. The van der Waals surface area contributed by atoms with E-state index in [0.29, 0.717) is 5.56 Å². The van der Waals surface area contributed by atoms with Gasteiger partial charge >= 0.3 is 5.97 Å². The Labute approximate surface area is 106 Å². The van der Waals surface area contributed by atoms with E-state index in [2.05, 4.69) is 0 Å². The molecule has 1 atom stereocenters. The monoisotopic (exact) mass is 241 g/mol. The summed E-state index contributed by atoms with van der Waals surface area (Å²) in [5.41, 5.74) is 8.60. The molecule has 0 fully saturated rings. The molecule has 0 saturated carbocycles. The van der Waals surface area contributed by atoms with Crippen LogP contribution in [-0.4, -0.2) is 13.1 Å². The van der Waals surface area contributed by atoms with Crippen molar-refractivity contribution in [1.29, 1.82) is 0 Å². The third kappa shape index (κ3) is 2.57. The van der Waals surface area contributed by atoms with Crippen molar-refractivity contribution in [2.75, 3.05) is 7.11 Å². The Bertz CT molecular complexity index is 537. The molecule has 0 amide bonds. The predicted molar refractivity (Wildman–Crippen MR) is 70.3 cm³/mol. The molecule has 1 unspecified atom stereocenters. The Hall–Kier alpha value is -2.13. The van der Waals surface area contributed by atoms with Gasteiger partial charge in [-0.15, -0.1) is 0 Å². The summed E-state index contributed by atoms with van der Waals surface area (Å²) in [6.07, 6.45) is 0. The SMILES string of the molecule is COC(=O)c1cccc(C(N)c2ccccc2)c1. The van der Waals surface area contributed by atoms with Gasteiger partial charge in [-0.1, -0.05) is 42.5 Å². The number of hydrogen-bond donors (Lipinski definition) is 1. The second-order valence-corrected chi connectivity index (χ2v) is 4.01. The van der Waals surface area contributed by atoms with Gasteiger partial charge in [-0.2, -0.15) is 0 Å². The largest absolute Gasteiger partial charge is 0.465 e. The van der Waals surface area contributed by atoms with Crippen LogP contribution in [0.15, 0.2) is 54.6 Å². The van der Waals surface area contributed by atoms with Crippen molar-refractivity contribution in [2.24, 2.45) is 5.73 Å². The van der Waals surface area contributed by atoms with Gasteiger partial charge in [0.05, 0.1) is 18.7 Å². The minimum atomic E-state index is -0.350. The van der Waals surface area contributed by atoms with E-state index in [1.165, 1.54) is 7.11 Å². The Morgan fingerprint density at radius 2 is 1.72 bits per heavy atom. The number of esters is 1. The van der Waals surface area contributed by atoms with Crippen LogP contribution >= 0.6 is 0 Å². The first-order valence-electron chi connectivity index (χ1n) is 5.71. The number of ether oxygens (including phenoxy) is 1. The van der Waals surface area contributed by atoms with E-state index in [1.54, 1.807) is 12.1 Å². The molecule has 2 aromatic rings. The van der Waals surface area contributed by atoms with Gasteiger partial charge in [0.1, 0.15) is 0 Å². The average molecular weight is 241 g/mol. The number of carbonyl (C=O) groups is 1. The Kier molecular flexibility index (Phi) is 3.75. The summed E-state index contributed by atoms with van der Waals surface area (Å²) in [5.74, 6) is -0.350. The quantitative estimate of drug-likeness (QED) is 0.840. The van der Waals surface area contributed by atoms with Crippen LogP contribution in [0.3, 0.4) is 0 Å². The highest BCUT2D eigenvalue weighted by Crippen LogP contribution is 2.20. The fourth-order valence-corrected chi connectivity index (χ4v) is 1.83. The van der Waals surface area contributed by atoms with Crippen molar-refractivity contribution in [3.63, 3.8) is 0 Å². The van der Waals surface area contributed by atoms with Gasteiger partial charge < -0.3 is 10.5 Å². The summed E-state index contributed by atoms with van der Waals surface area (Å²) in [6.45, 7) is 0. The molecule has 0 radical (unpaired) electrons. The fourth-order valence-electron chi connectivity index (χ4n) is 1.83. The van der Waals surface area contributed by atoms with Crippen molar-refractivity contribution in [3.8, 4) is 0 Å². The molecule has 0 spiro atoms. The summed E-state index contributed by atoms with van der Waals surface area (Å²) in [4.78, 5) is 11.5. The van der Waals surface area contributed by atoms with Crippen LogP contribution in [0.5, 0.6) is 0 Å². The molecule has 2 rings (SSSR count). The van der Waals surface area contributed by atoms with Crippen molar-refractivity contribution in [1.82, 2.24) is 0 Å². The first-order chi connectivity index (χ1) is 8.72. The van der Waals surface area contributed by atoms with E-state index in [0.717, 1.165) is 11.1 Å². The topological polar surface area (TPSA) is 52.3 Å². The van der Waals surface area contributed by atoms with Crippen LogP contribution in [0.2, 0.25) is 0 Å². The van der Waals surface area contributed by atoms with Crippen LogP contribution in [0, 0.1) is 0 Å². The van der Waals surface area contributed by atoms with E-state index >= 15 is 0 Å². The van der Waals surface area contributed by atoms with Crippen molar-refractivity contribution >= 4 is 5.97 Å². The van der Waals surface area contributed by atoms with Gasteiger partial charge in [-0.3, -0.25) is 0 Å². The smallest absolute Gasteiger partial charge is 0.337 e. The van der Waals surface area contributed by atoms with Gasteiger partial charge in [0.25, 0.3) is 0 Å². The highest BCUT2D eigenvalue weighted by Gasteiger charge is 2.11. The molecule has 0 heterocycles. The summed E-state index contributed by atoms with van der Waals surface area (Å²) in [7, 11) is 1.37. The van der Waals surface area contributed by atoms with Crippen LogP contribution in [0.1, 0.15) is 27.5 Å². The van der Waals surface area contributed by atoms with Gasteiger partial charge in [-0.05, 0) is 23.3 Å². The molecule has 0 aliphatic carbocycles. The molecule has 3 heteroatoms. The molecular formula is C15H15NO2. The van der Waals surface area contributed by atoms with Crippen LogP contribution in [0.4, 0.5) is 0 Å². The zero-order valence-electron chi connectivity index (χ0n) is 10.2. The average Bonchev–Trinajstić information content (AvgIpc) is 2.46. The van der Waals surface area contributed by atoms with Gasteiger partial charge in [0, 0.05) is 0 Å². The molecular weight excluding hydrogens is 226 g/mol.